The Labute approximate surface area is 139 Å². The minimum atomic E-state index is -4.68. The first-order valence-corrected chi connectivity index (χ1v) is 7.37. The van der Waals surface area contributed by atoms with E-state index in [1.54, 1.807) is 6.07 Å². The van der Waals surface area contributed by atoms with Gasteiger partial charge in [-0.05, 0) is 17.7 Å². The van der Waals surface area contributed by atoms with Gasteiger partial charge in [0.25, 0.3) is 0 Å². The van der Waals surface area contributed by atoms with Crippen LogP contribution < -0.4 is 0 Å². The van der Waals surface area contributed by atoms with Crippen LogP contribution in [0.1, 0.15) is 5.56 Å². The van der Waals surface area contributed by atoms with Crippen molar-refractivity contribution in [2.75, 3.05) is 13.1 Å². The van der Waals surface area contributed by atoms with Gasteiger partial charge in [0.1, 0.15) is 0 Å². The highest BCUT2D eigenvalue weighted by Gasteiger charge is 2.53. The fourth-order valence-corrected chi connectivity index (χ4v) is 3.08. The molecule has 0 aliphatic carbocycles. The Hall–Kier alpha value is -1.47. The molecule has 2 rings (SSSR count). The molecule has 4 nitrogen and oxygen atoms in total. The van der Waals surface area contributed by atoms with Crippen LogP contribution in [0, 0.1) is 11.8 Å². The second kappa shape index (κ2) is 6.57. The Morgan fingerprint density at radius 3 is 2.22 bits per heavy atom. The second-order valence-electron chi connectivity index (χ2n) is 5.27. The first-order chi connectivity index (χ1) is 10.6. The highest BCUT2D eigenvalue weighted by Crippen LogP contribution is 2.38. The van der Waals surface area contributed by atoms with Crippen LogP contribution in [0.3, 0.4) is 0 Å². The van der Waals surface area contributed by atoms with Crippen molar-refractivity contribution in [3.63, 3.8) is 0 Å². The van der Waals surface area contributed by atoms with E-state index in [4.69, 9.17) is 28.3 Å². The lowest BCUT2D eigenvalue weighted by Crippen LogP contribution is -2.34. The number of alkyl halides is 3. The average Bonchev–Trinajstić information content (AvgIpc) is 2.88. The fourth-order valence-electron chi connectivity index (χ4n) is 2.55. The molecule has 2 atom stereocenters. The van der Waals surface area contributed by atoms with Gasteiger partial charge in [-0.25, -0.2) is 0 Å². The van der Waals surface area contributed by atoms with Crippen molar-refractivity contribution in [3.05, 3.63) is 33.8 Å². The Bertz CT molecular complexity index is 616. The molecule has 1 aliphatic heterocycles. The standard InChI is InChI=1S/C14H12Cl2F3NO3/c15-10-2-1-3-11(16)7(10)4-12(21)20-5-8(13(22)23)9(6-20)14(17,18)19/h1-3,8-9H,4-6H2,(H,22,23)/t8-,9-/m1/s1. The van der Waals surface area contributed by atoms with Gasteiger partial charge >= 0.3 is 12.1 Å². The summed E-state index contributed by atoms with van der Waals surface area (Å²) in [4.78, 5) is 24.1. The molecule has 9 heteroatoms. The van der Waals surface area contributed by atoms with E-state index in [0.717, 1.165) is 4.90 Å². The predicted molar refractivity (Wildman–Crippen MR) is 77.4 cm³/mol. The van der Waals surface area contributed by atoms with E-state index in [9.17, 15) is 22.8 Å². The molecule has 126 valence electrons. The molecular formula is C14H12Cl2F3NO3. The number of aliphatic carboxylic acids is 1. The first-order valence-electron chi connectivity index (χ1n) is 6.61. The summed E-state index contributed by atoms with van der Waals surface area (Å²) in [5.41, 5.74) is 0.308. The van der Waals surface area contributed by atoms with Gasteiger partial charge in [-0.15, -0.1) is 0 Å². The van der Waals surface area contributed by atoms with Crippen LogP contribution in [0.5, 0.6) is 0 Å². The number of nitrogens with zero attached hydrogens (tertiary/aromatic N) is 1. The zero-order valence-corrected chi connectivity index (χ0v) is 13.1. The van der Waals surface area contributed by atoms with Crippen LogP contribution in [0.4, 0.5) is 13.2 Å². The maximum Gasteiger partial charge on any atom is 0.394 e. The summed E-state index contributed by atoms with van der Waals surface area (Å²) < 4.78 is 38.8. The monoisotopic (exact) mass is 369 g/mol. The number of amides is 1. The van der Waals surface area contributed by atoms with Crippen molar-refractivity contribution in [3.8, 4) is 0 Å². The second-order valence-corrected chi connectivity index (χ2v) is 6.08. The summed E-state index contributed by atoms with van der Waals surface area (Å²) in [6, 6.07) is 4.60. The van der Waals surface area contributed by atoms with Gasteiger partial charge in [-0.1, -0.05) is 29.3 Å². The SMILES string of the molecule is O=C(O)[C@@H]1CN(C(=O)Cc2c(Cl)cccc2Cl)C[C@H]1C(F)(F)F. The number of likely N-dealkylation sites (tertiary alicyclic amines) is 1. The van der Waals surface area contributed by atoms with E-state index in [1.165, 1.54) is 12.1 Å². The van der Waals surface area contributed by atoms with Crippen molar-refractivity contribution in [2.45, 2.75) is 12.6 Å². The Balaban J connectivity index is 2.16. The van der Waals surface area contributed by atoms with Crippen LogP contribution in [0.25, 0.3) is 0 Å². The van der Waals surface area contributed by atoms with Crippen molar-refractivity contribution in [1.29, 1.82) is 0 Å². The normalized spacial score (nSPS) is 21.5. The van der Waals surface area contributed by atoms with E-state index < -0.39 is 43.0 Å². The molecule has 1 fully saturated rings. The molecule has 23 heavy (non-hydrogen) atoms. The Morgan fingerprint density at radius 2 is 1.78 bits per heavy atom. The van der Waals surface area contributed by atoms with Gasteiger partial charge in [0.2, 0.25) is 5.91 Å². The molecule has 1 amide bonds. The third-order valence-electron chi connectivity index (χ3n) is 3.80. The summed E-state index contributed by atoms with van der Waals surface area (Å²) in [7, 11) is 0. The lowest BCUT2D eigenvalue weighted by atomic mass is 9.96. The molecule has 0 aromatic heterocycles. The van der Waals surface area contributed by atoms with Gasteiger partial charge < -0.3 is 10.0 Å². The number of carbonyl (C=O) groups excluding carboxylic acids is 1. The summed E-state index contributed by atoms with van der Waals surface area (Å²) in [6.07, 6.45) is -4.96. The van der Waals surface area contributed by atoms with Gasteiger partial charge in [0, 0.05) is 23.1 Å². The highest BCUT2D eigenvalue weighted by atomic mass is 35.5. The van der Waals surface area contributed by atoms with Crippen LogP contribution in [0.15, 0.2) is 18.2 Å². The molecule has 0 saturated carbocycles. The van der Waals surface area contributed by atoms with Crippen molar-refractivity contribution in [2.24, 2.45) is 11.8 Å². The maximum absolute atomic E-state index is 12.9. The van der Waals surface area contributed by atoms with Gasteiger partial charge in [0.15, 0.2) is 0 Å². The van der Waals surface area contributed by atoms with Crippen LogP contribution >= 0.6 is 23.2 Å². The molecular weight excluding hydrogens is 358 g/mol. The largest absolute Gasteiger partial charge is 0.481 e. The topological polar surface area (TPSA) is 57.6 Å². The highest BCUT2D eigenvalue weighted by molar-refractivity contribution is 6.36. The lowest BCUT2D eigenvalue weighted by molar-refractivity contribution is -0.188. The van der Waals surface area contributed by atoms with E-state index in [2.05, 4.69) is 0 Å². The lowest BCUT2D eigenvalue weighted by Gasteiger charge is -2.18. The number of carboxylic acids is 1. The number of halogens is 5. The van der Waals surface area contributed by atoms with E-state index >= 15 is 0 Å². The van der Waals surface area contributed by atoms with Crippen LogP contribution in [-0.2, 0) is 16.0 Å². The van der Waals surface area contributed by atoms with Crippen molar-refractivity contribution >= 4 is 35.1 Å². The molecule has 1 aliphatic rings. The molecule has 1 saturated heterocycles. The number of carboxylic acid groups (broad SMARTS) is 1. The first kappa shape index (κ1) is 17.9. The van der Waals surface area contributed by atoms with Gasteiger partial charge in [-0.2, -0.15) is 13.2 Å². The molecule has 0 bridgehead atoms. The average molecular weight is 370 g/mol. The molecule has 1 heterocycles. The molecule has 0 unspecified atom stereocenters. The molecule has 1 N–H and O–H groups in total. The third kappa shape index (κ3) is 3.90. The Morgan fingerprint density at radius 1 is 1.22 bits per heavy atom. The van der Waals surface area contributed by atoms with Crippen molar-refractivity contribution in [1.82, 2.24) is 4.90 Å². The number of rotatable bonds is 3. The zero-order valence-electron chi connectivity index (χ0n) is 11.6. The van der Waals surface area contributed by atoms with Gasteiger partial charge in [-0.3, -0.25) is 9.59 Å². The Kier molecular flexibility index (Phi) is 5.10. The van der Waals surface area contributed by atoms with Gasteiger partial charge in [0.05, 0.1) is 18.3 Å². The summed E-state index contributed by atoms with van der Waals surface area (Å²) in [5, 5.41) is 9.40. The van der Waals surface area contributed by atoms with Crippen LogP contribution in [0.2, 0.25) is 10.0 Å². The molecule has 0 spiro atoms. The van der Waals surface area contributed by atoms with E-state index in [-0.39, 0.29) is 16.5 Å². The predicted octanol–water partition coefficient (Wildman–Crippen LogP) is 3.26. The van der Waals surface area contributed by atoms with Crippen molar-refractivity contribution < 1.29 is 27.9 Å². The zero-order chi connectivity index (χ0) is 17.4. The minimum Gasteiger partial charge on any atom is -0.481 e. The maximum atomic E-state index is 12.9. The third-order valence-corrected chi connectivity index (χ3v) is 4.51. The van der Waals surface area contributed by atoms with E-state index in [1.807, 2.05) is 0 Å². The summed E-state index contributed by atoms with van der Waals surface area (Å²) >= 11 is 11.9. The van der Waals surface area contributed by atoms with E-state index in [0.29, 0.717) is 5.56 Å². The number of hydrogen-bond donors (Lipinski definition) is 1. The molecule has 1 aromatic rings. The number of carbonyl (C=O) groups is 2. The fraction of sp³-hybridized carbons (Fsp3) is 0.429. The quantitative estimate of drug-likeness (QED) is 0.889. The minimum absolute atomic E-state index is 0.229. The number of benzene rings is 1. The molecule has 1 aromatic carbocycles. The summed E-state index contributed by atoms with van der Waals surface area (Å²) in [5.74, 6) is -5.96. The number of hydrogen-bond acceptors (Lipinski definition) is 2. The summed E-state index contributed by atoms with van der Waals surface area (Å²) in [6.45, 7) is -1.16. The molecule has 0 radical (unpaired) electrons. The van der Waals surface area contributed by atoms with Crippen LogP contribution in [-0.4, -0.2) is 41.1 Å². The smallest absolute Gasteiger partial charge is 0.394 e.